The smallest absolute Gasteiger partial charge is 0.175 e. The van der Waals surface area contributed by atoms with Gasteiger partial charge in [0.25, 0.3) is 0 Å². The van der Waals surface area contributed by atoms with Crippen LogP contribution in [0.2, 0.25) is 5.15 Å². The highest BCUT2D eigenvalue weighted by Gasteiger charge is 2.08. The van der Waals surface area contributed by atoms with Crippen LogP contribution >= 0.6 is 11.6 Å². The van der Waals surface area contributed by atoms with Crippen molar-refractivity contribution in [2.24, 2.45) is 0 Å². The summed E-state index contributed by atoms with van der Waals surface area (Å²) in [6.45, 7) is 4.02. The van der Waals surface area contributed by atoms with E-state index in [9.17, 15) is 0 Å². The van der Waals surface area contributed by atoms with E-state index in [-0.39, 0.29) is 0 Å². The molecule has 0 saturated heterocycles. The topological polar surface area (TPSA) is 30.7 Å². The van der Waals surface area contributed by atoms with E-state index in [4.69, 9.17) is 11.6 Å². The molecule has 0 spiro atoms. The monoisotopic (exact) mass is 207 g/mol. The van der Waals surface area contributed by atoms with E-state index < -0.39 is 0 Å². The first-order valence-electron chi connectivity index (χ1n) is 4.32. The third-order valence-electron chi connectivity index (χ3n) is 2.12. The molecular weight excluding hydrogens is 198 g/mol. The molecule has 3 nitrogen and oxygen atoms in total. The molecule has 2 heterocycles. The number of rotatable bonds is 1. The Labute approximate surface area is 87.4 Å². The minimum Gasteiger partial charge on any atom is -0.301 e. The van der Waals surface area contributed by atoms with Crippen molar-refractivity contribution < 1.29 is 0 Å². The van der Waals surface area contributed by atoms with Gasteiger partial charge in [-0.2, -0.15) is 0 Å². The molecule has 0 atom stereocenters. The molecule has 0 aromatic carbocycles. The summed E-state index contributed by atoms with van der Waals surface area (Å²) < 4.78 is 1.98. The second kappa shape index (κ2) is 3.42. The van der Waals surface area contributed by atoms with E-state index in [0.29, 0.717) is 11.0 Å². The van der Waals surface area contributed by atoms with Gasteiger partial charge in [0.2, 0.25) is 0 Å². The molecule has 0 aliphatic carbocycles. The van der Waals surface area contributed by atoms with E-state index in [1.165, 1.54) is 0 Å². The number of hydrogen-bond acceptors (Lipinski definition) is 2. The van der Waals surface area contributed by atoms with Crippen LogP contribution in [0.1, 0.15) is 11.4 Å². The van der Waals surface area contributed by atoms with Gasteiger partial charge in [-0.25, -0.2) is 9.97 Å². The van der Waals surface area contributed by atoms with Crippen LogP contribution in [0.15, 0.2) is 24.5 Å². The van der Waals surface area contributed by atoms with Gasteiger partial charge in [0.05, 0.1) is 0 Å². The van der Waals surface area contributed by atoms with Crippen molar-refractivity contribution in [3.8, 4) is 5.82 Å². The van der Waals surface area contributed by atoms with Crippen molar-refractivity contribution >= 4 is 11.6 Å². The van der Waals surface area contributed by atoms with Gasteiger partial charge >= 0.3 is 0 Å². The molecule has 4 heteroatoms. The molecular formula is C10H10ClN3. The third-order valence-corrected chi connectivity index (χ3v) is 2.39. The molecule has 0 amide bonds. The fraction of sp³-hybridized carbons (Fsp3) is 0.200. The van der Waals surface area contributed by atoms with E-state index in [0.717, 1.165) is 11.4 Å². The Bertz CT molecular complexity index is 443. The van der Waals surface area contributed by atoms with Gasteiger partial charge in [0, 0.05) is 23.8 Å². The lowest BCUT2D eigenvalue weighted by molar-refractivity contribution is 0.909. The van der Waals surface area contributed by atoms with Crippen molar-refractivity contribution in [2.75, 3.05) is 0 Å². The zero-order valence-corrected chi connectivity index (χ0v) is 8.78. The van der Waals surface area contributed by atoms with Crippen LogP contribution in [0.25, 0.3) is 5.82 Å². The number of halogens is 1. The quantitative estimate of drug-likeness (QED) is 0.720. The first-order valence-corrected chi connectivity index (χ1v) is 4.70. The molecule has 2 aromatic heterocycles. The largest absolute Gasteiger partial charge is 0.301 e. The number of nitrogens with zero attached hydrogens (tertiary/aromatic N) is 3. The van der Waals surface area contributed by atoms with Crippen LogP contribution in [0.5, 0.6) is 0 Å². The minimum atomic E-state index is 0.426. The highest BCUT2D eigenvalue weighted by molar-refractivity contribution is 6.30. The van der Waals surface area contributed by atoms with E-state index in [2.05, 4.69) is 9.97 Å². The maximum absolute atomic E-state index is 5.97. The van der Waals surface area contributed by atoms with Gasteiger partial charge in [-0.15, -0.1) is 0 Å². The van der Waals surface area contributed by atoms with Crippen molar-refractivity contribution in [2.45, 2.75) is 13.8 Å². The molecule has 0 aliphatic rings. The lowest BCUT2D eigenvalue weighted by Crippen LogP contribution is -2.02. The first-order chi connectivity index (χ1) is 6.70. The van der Waals surface area contributed by atoms with Gasteiger partial charge in [-0.05, 0) is 26.0 Å². The Hall–Kier alpha value is -1.35. The summed E-state index contributed by atoms with van der Waals surface area (Å²) in [6.07, 6.45) is 3.22. The predicted molar refractivity (Wildman–Crippen MR) is 55.8 cm³/mol. The number of aromatic nitrogens is 3. The van der Waals surface area contributed by atoms with Crippen molar-refractivity contribution in [3.63, 3.8) is 0 Å². The Morgan fingerprint density at radius 1 is 1.07 bits per heavy atom. The summed E-state index contributed by atoms with van der Waals surface area (Å²) in [4.78, 5) is 8.21. The van der Waals surface area contributed by atoms with Crippen LogP contribution in [0, 0.1) is 13.8 Å². The first kappa shape index (κ1) is 9.21. The summed E-state index contributed by atoms with van der Waals surface area (Å²) in [7, 11) is 0. The lowest BCUT2D eigenvalue weighted by Gasteiger charge is -2.08. The van der Waals surface area contributed by atoms with Crippen LogP contribution in [0.3, 0.4) is 0 Å². The average Bonchev–Trinajstić information content (AvgIpc) is 2.48. The van der Waals surface area contributed by atoms with Crippen molar-refractivity contribution in [1.82, 2.24) is 14.5 Å². The Morgan fingerprint density at radius 2 is 1.64 bits per heavy atom. The van der Waals surface area contributed by atoms with Crippen LogP contribution in [-0.2, 0) is 0 Å². The predicted octanol–water partition coefficient (Wildman–Crippen LogP) is 2.54. The lowest BCUT2D eigenvalue weighted by atomic mass is 10.5. The second-order valence-electron chi connectivity index (χ2n) is 3.12. The zero-order chi connectivity index (χ0) is 10.1. The van der Waals surface area contributed by atoms with Crippen molar-refractivity contribution in [3.05, 3.63) is 41.1 Å². The van der Waals surface area contributed by atoms with Gasteiger partial charge in [-0.1, -0.05) is 11.6 Å². The average molecular weight is 208 g/mol. The molecule has 14 heavy (non-hydrogen) atoms. The number of hydrogen-bond donors (Lipinski definition) is 0. The molecule has 2 rings (SSSR count). The third kappa shape index (κ3) is 1.40. The minimum absolute atomic E-state index is 0.426. The van der Waals surface area contributed by atoms with Crippen molar-refractivity contribution in [1.29, 1.82) is 0 Å². The molecule has 0 radical (unpaired) electrons. The van der Waals surface area contributed by atoms with E-state index in [1.807, 2.05) is 30.5 Å². The molecule has 72 valence electrons. The summed E-state index contributed by atoms with van der Waals surface area (Å²) >= 11 is 5.97. The highest BCUT2D eigenvalue weighted by atomic mass is 35.5. The second-order valence-corrected chi connectivity index (χ2v) is 3.48. The zero-order valence-electron chi connectivity index (χ0n) is 8.03. The van der Waals surface area contributed by atoms with E-state index >= 15 is 0 Å². The Morgan fingerprint density at radius 3 is 2.21 bits per heavy atom. The fourth-order valence-electron chi connectivity index (χ4n) is 1.47. The molecule has 0 bridgehead atoms. The Kier molecular flexibility index (Phi) is 2.25. The molecule has 0 saturated carbocycles. The van der Waals surface area contributed by atoms with Crippen LogP contribution in [-0.4, -0.2) is 14.5 Å². The maximum atomic E-state index is 5.97. The molecule has 2 aromatic rings. The Balaban J connectivity index is 2.66. The van der Waals surface area contributed by atoms with E-state index in [1.54, 1.807) is 12.4 Å². The van der Waals surface area contributed by atoms with Gasteiger partial charge < -0.3 is 4.57 Å². The summed E-state index contributed by atoms with van der Waals surface area (Å²) in [6, 6.07) is 4.06. The van der Waals surface area contributed by atoms with Gasteiger partial charge in [0.15, 0.2) is 11.0 Å². The standard InChI is InChI=1S/C10H10ClN3/c1-7-3-4-8(2)14(7)10-9(11)12-5-6-13-10/h3-6H,1-2H3. The molecule has 0 aliphatic heterocycles. The highest BCUT2D eigenvalue weighted by Crippen LogP contribution is 2.19. The van der Waals surface area contributed by atoms with Gasteiger partial charge in [-0.3, -0.25) is 0 Å². The maximum Gasteiger partial charge on any atom is 0.175 e. The van der Waals surface area contributed by atoms with Crippen LogP contribution < -0.4 is 0 Å². The molecule has 0 unspecified atom stereocenters. The number of aryl methyl sites for hydroxylation is 2. The summed E-state index contributed by atoms with van der Waals surface area (Å²) in [5, 5.41) is 0.426. The SMILES string of the molecule is Cc1ccc(C)n1-c1nccnc1Cl. The molecule has 0 N–H and O–H groups in total. The van der Waals surface area contributed by atoms with Gasteiger partial charge in [0.1, 0.15) is 0 Å². The van der Waals surface area contributed by atoms with Crippen LogP contribution in [0.4, 0.5) is 0 Å². The fourth-order valence-corrected chi connectivity index (χ4v) is 1.66. The normalized spacial score (nSPS) is 10.5. The summed E-state index contributed by atoms with van der Waals surface area (Å²) in [5.74, 6) is 0.689. The molecule has 0 fully saturated rings. The summed E-state index contributed by atoms with van der Waals surface area (Å²) in [5.41, 5.74) is 2.20.